The molecule has 0 atom stereocenters. The maximum absolute atomic E-state index is 12.0. The Balaban J connectivity index is 2.15. The Labute approximate surface area is 117 Å². The first-order valence-electron chi connectivity index (χ1n) is 6.46. The number of carbonyl (C=O) groups excluding carboxylic acids is 1. The quantitative estimate of drug-likeness (QED) is 0.878. The average molecular weight is 274 g/mol. The zero-order valence-corrected chi connectivity index (χ0v) is 11.6. The Hall–Kier alpha value is -2.27. The molecule has 3 N–H and O–H groups in total. The Morgan fingerprint density at radius 3 is 2.80 bits per heavy atom. The van der Waals surface area contributed by atoms with E-state index >= 15 is 0 Å². The first-order valence-corrected chi connectivity index (χ1v) is 6.46. The number of carbonyl (C=O) groups is 1. The van der Waals surface area contributed by atoms with Crippen molar-refractivity contribution in [2.24, 2.45) is 5.73 Å². The van der Waals surface area contributed by atoms with Gasteiger partial charge in [0.15, 0.2) is 0 Å². The van der Waals surface area contributed by atoms with Crippen LogP contribution in [0.3, 0.4) is 0 Å². The standard InChI is InChI=1S/C15H18N2O3/c1-3-19-14-5-4-13(7-11(14)8-16)17-15(18)12-6-10(2)20-9-12/h4-7,9H,3,8,16H2,1-2H3,(H,17,18). The molecule has 1 heterocycles. The second-order valence-electron chi connectivity index (χ2n) is 4.36. The third-order valence-electron chi connectivity index (χ3n) is 2.83. The van der Waals surface area contributed by atoms with Crippen molar-refractivity contribution in [2.45, 2.75) is 20.4 Å². The molecule has 0 bridgehead atoms. The molecule has 0 fully saturated rings. The molecule has 106 valence electrons. The van der Waals surface area contributed by atoms with Gasteiger partial charge in [-0.2, -0.15) is 0 Å². The summed E-state index contributed by atoms with van der Waals surface area (Å²) in [5.74, 6) is 1.23. The average Bonchev–Trinajstić information content (AvgIpc) is 2.87. The van der Waals surface area contributed by atoms with Crippen molar-refractivity contribution < 1.29 is 13.9 Å². The number of furan rings is 1. The highest BCUT2D eigenvalue weighted by molar-refractivity contribution is 6.04. The molecule has 2 aromatic rings. The van der Waals surface area contributed by atoms with Crippen molar-refractivity contribution in [1.29, 1.82) is 0 Å². The molecule has 1 amide bonds. The highest BCUT2D eigenvalue weighted by Crippen LogP contribution is 2.23. The lowest BCUT2D eigenvalue weighted by atomic mass is 10.1. The van der Waals surface area contributed by atoms with Gasteiger partial charge in [-0.15, -0.1) is 0 Å². The van der Waals surface area contributed by atoms with E-state index in [2.05, 4.69) is 5.32 Å². The molecule has 0 saturated heterocycles. The number of hydrogen-bond donors (Lipinski definition) is 2. The number of ether oxygens (including phenoxy) is 1. The number of nitrogens with one attached hydrogen (secondary N) is 1. The van der Waals surface area contributed by atoms with Crippen molar-refractivity contribution in [3.63, 3.8) is 0 Å². The molecule has 0 radical (unpaired) electrons. The van der Waals surface area contributed by atoms with Crippen LogP contribution in [0.15, 0.2) is 34.9 Å². The highest BCUT2D eigenvalue weighted by atomic mass is 16.5. The van der Waals surface area contributed by atoms with Crippen LogP contribution in [0, 0.1) is 6.92 Å². The molecule has 5 nitrogen and oxygen atoms in total. The summed E-state index contributed by atoms with van der Waals surface area (Å²) < 4.78 is 10.6. The zero-order valence-electron chi connectivity index (χ0n) is 11.6. The molecular formula is C15H18N2O3. The first kappa shape index (κ1) is 14.1. The van der Waals surface area contributed by atoms with Gasteiger partial charge in [0.1, 0.15) is 17.8 Å². The third kappa shape index (κ3) is 3.19. The van der Waals surface area contributed by atoms with Crippen molar-refractivity contribution in [3.8, 4) is 5.75 Å². The smallest absolute Gasteiger partial charge is 0.258 e. The van der Waals surface area contributed by atoms with E-state index in [4.69, 9.17) is 14.9 Å². The van der Waals surface area contributed by atoms with E-state index < -0.39 is 0 Å². The molecule has 0 spiro atoms. The fourth-order valence-corrected chi connectivity index (χ4v) is 1.88. The van der Waals surface area contributed by atoms with E-state index in [1.165, 1.54) is 6.26 Å². The Morgan fingerprint density at radius 2 is 2.20 bits per heavy atom. The molecule has 0 aliphatic rings. The number of benzene rings is 1. The molecule has 5 heteroatoms. The van der Waals surface area contributed by atoms with Crippen LogP contribution >= 0.6 is 0 Å². The summed E-state index contributed by atoms with van der Waals surface area (Å²) >= 11 is 0. The van der Waals surface area contributed by atoms with Crippen molar-refractivity contribution in [1.82, 2.24) is 0 Å². The summed E-state index contributed by atoms with van der Waals surface area (Å²) in [6.45, 7) is 4.63. The van der Waals surface area contributed by atoms with Crippen LogP contribution in [0.1, 0.15) is 28.6 Å². The van der Waals surface area contributed by atoms with Crippen LogP contribution in [0.4, 0.5) is 5.69 Å². The normalized spacial score (nSPS) is 10.3. The molecule has 0 aliphatic carbocycles. The van der Waals surface area contributed by atoms with Crippen molar-refractivity contribution in [3.05, 3.63) is 47.4 Å². The van der Waals surface area contributed by atoms with Crippen molar-refractivity contribution in [2.75, 3.05) is 11.9 Å². The number of hydrogen-bond acceptors (Lipinski definition) is 4. The summed E-state index contributed by atoms with van der Waals surface area (Å²) in [5, 5.41) is 2.81. The molecule has 1 aromatic heterocycles. The van der Waals surface area contributed by atoms with E-state index in [9.17, 15) is 4.79 Å². The maximum Gasteiger partial charge on any atom is 0.258 e. The lowest BCUT2D eigenvalue weighted by molar-refractivity contribution is 0.102. The molecule has 20 heavy (non-hydrogen) atoms. The van der Waals surface area contributed by atoms with Gasteiger partial charge in [-0.25, -0.2) is 0 Å². The molecule has 1 aromatic carbocycles. The van der Waals surface area contributed by atoms with E-state index in [-0.39, 0.29) is 5.91 Å². The minimum atomic E-state index is -0.214. The van der Waals surface area contributed by atoms with Gasteiger partial charge >= 0.3 is 0 Å². The van der Waals surface area contributed by atoms with Crippen LogP contribution < -0.4 is 15.8 Å². The van der Waals surface area contributed by atoms with E-state index in [0.29, 0.717) is 30.2 Å². The van der Waals surface area contributed by atoms with Gasteiger partial charge in [-0.05, 0) is 38.1 Å². The second-order valence-corrected chi connectivity index (χ2v) is 4.36. The van der Waals surface area contributed by atoms with E-state index in [1.807, 2.05) is 19.1 Å². The van der Waals surface area contributed by atoms with Crippen LogP contribution in [0.25, 0.3) is 0 Å². The third-order valence-corrected chi connectivity index (χ3v) is 2.83. The predicted molar refractivity (Wildman–Crippen MR) is 76.9 cm³/mol. The summed E-state index contributed by atoms with van der Waals surface area (Å²) in [5.41, 5.74) is 7.71. The lowest BCUT2D eigenvalue weighted by Crippen LogP contribution is -2.11. The summed E-state index contributed by atoms with van der Waals surface area (Å²) in [7, 11) is 0. The largest absolute Gasteiger partial charge is 0.494 e. The van der Waals surface area contributed by atoms with Gasteiger partial charge in [0.25, 0.3) is 5.91 Å². The van der Waals surface area contributed by atoms with Crippen LogP contribution in [-0.4, -0.2) is 12.5 Å². The fourth-order valence-electron chi connectivity index (χ4n) is 1.88. The summed E-state index contributed by atoms with van der Waals surface area (Å²) in [6, 6.07) is 7.10. The van der Waals surface area contributed by atoms with Gasteiger partial charge in [-0.3, -0.25) is 4.79 Å². The van der Waals surface area contributed by atoms with Gasteiger partial charge in [-0.1, -0.05) is 0 Å². The van der Waals surface area contributed by atoms with Crippen molar-refractivity contribution >= 4 is 11.6 Å². The fraction of sp³-hybridized carbons (Fsp3) is 0.267. The molecule has 0 aliphatic heterocycles. The summed E-state index contributed by atoms with van der Waals surface area (Å²) in [6.07, 6.45) is 1.43. The first-order chi connectivity index (χ1) is 9.63. The SMILES string of the molecule is CCOc1ccc(NC(=O)c2coc(C)c2)cc1CN. The number of nitrogens with two attached hydrogens (primary N) is 1. The molecule has 2 rings (SSSR count). The lowest BCUT2D eigenvalue weighted by Gasteiger charge is -2.11. The number of amides is 1. The van der Waals surface area contributed by atoms with Gasteiger partial charge in [0, 0.05) is 17.8 Å². The monoisotopic (exact) mass is 274 g/mol. The number of anilines is 1. The van der Waals surface area contributed by atoms with E-state index in [1.54, 1.807) is 19.1 Å². The second kappa shape index (κ2) is 6.25. The maximum atomic E-state index is 12.0. The zero-order chi connectivity index (χ0) is 14.5. The minimum Gasteiger partial charge on any atom is -0.494 e. The Kier molecular flexibility index (Phi) is 4.42. The Morgan fingerprint density at radius 1 is 1.40 bits per heavy atom. The molecule has 0 unspecified atom stereocenters. The minimum absolute atomic E-state index is 0.214. The number of aryl methyl sites for hydroxylation is 1. The number of rotatable bonds is 5. The van der Waals surface area contributed by atoms with Gasteiger partial charge < -0.3 is 20.2 Å². The molecular weight excluding hydrogens is 256 g/mol. The topological polar surface area (TPSA) is 77.5 Å². The molecule has 0 saturated carbocycles. The Bertz CT molecular complexity index is 605. The van der Waals surface area contributed by atoms with Gasteiger partial charge in [0.05, 0.1) is 12.2 Å². The van der Waals surface area contributed by atoms with Crippen LogP contribution in [0.2, 0.25) is 0 Å². The predicted octanol–water partition coefficient (Wildman–Crippen LogP) is 2.70. The van der Waals surface area contributed by atoms with Gasteiger partial charge in [0.2, 0.25) is 0 Å². The van der Waals surface area contributed by atoms with Crippen LogP contribution in [-0.2, 0) is 6.54 Å². The van der Waals surface area contributed by atoms with E-state index in [0.717, 1.165) is 11.3 Å². The van der Waals surface area contributed by atoms with Crippen LogP contribution in [0.5, 0.6) is 5.75 Å². The highest BCUT2D eigenvalue weighted by Gasteiger charge is 2.10. The summed E-state index contributed by atoms with van der Waals surface area (Å²) in [4.78, 5) is 12.0.